The molecule has 26 heavy (non-hydrogen) atoms. The Bertz CT molecular complexity index is 754. The number of amides is 1. The number of anilines is 1. The fourth-order valence-corrected chi connectivity index (χ4v) is 4.06. The highest BCUT2D eigenvalue weighted by atomic mass is 32.1. The molecule has 0 radical (unpaired) electrons. The first-order chi connectivity index (χ1) is 12.7. The lowest BCUT2D eigenvalue weighted by Crippen LogP contribution is -2.23. The predicted molar refractivity (Wildman–Crippen MR) is 100 cm³/mol. The fraction of sp³-hybridized carbons (Fsp3) is 0.421. The Labute approximate surface area is 156 Å². The lowest BCUT2D eigenvalue weighted by Gasteiger charge is -2.22. The molecule has 6 nitrogen and oxygen atoms in total. The Morgan fingerprint density at radius 3 is 2.65 bits per heavy atom. The van der Waals surface area contributed by atoms with E-state index in [0.29, 0.717) is 10.6 Å². The van der Waals surface area contributed by atoms with E-state index in [9.17, 15) is 9.59 Å². The van der Waals surface area contributed by atoms with Crippen molar-refractivity contribution in [2.75, 3.05) is 19.0 Å². The van der Waals surface area contributed by atoms with Crippen LogP contribution in [0, 0.1) is 0 Å². The van der Waals surface area contributed by atoms with E-state index in [4.69, 9.17) is 9.47 Å². The normalized spacial score (nSPS) is 14.8. The number of nitrogens with zero attached hydrogens (tertiary/aromatic N) is 1. The first-order valence-corrected chi connectivity index (χ1v) is 9.58. The van der Waals surface area contributed by atoms with Gasteiger partial charge in [-0.15, -0.1) is 11.3 Å². The molecule has 1 saturated carbocycles. The number of hydrogen-bond donors (Lipinski definition) is 1. The molecule has 1 amide bonds. The highest BCUT2D eigenvalue weighted by Gasteiger charge is 2.26. The van der Waals surface area contributed by atoms with Gasteiger partial charge in [0.25, 0.3) is 5.91 Å². The zero-order valence-corrected chi connectivity index (χ0v) is 15.5. The Hall–Kier alpha value is -2.25. The van der Waals surface area contributed by atoms with Crippen molar-refractivity contribution in [3.05, 3.63) is 35.5 Å². The van der Waals surface area contributed by atoms with Crippen LogP contribution in [-0.4, -0.2) is 36.7 Å². The van der Waals surface area contributed by atoms with Crippen molar-refractivity contribution in [3.8, 4) is 11.1 Å². The number of pyridine rings is 1. The van der Waals surface area contributed by atoms with E-state index >= 15 is 0 Å². The van der Waals surface area contributed by atoms with Crippen LogP contribution in [0.4, 0.5) is 5.00 Å². The molecule has 1 aliphatic carbocycles. The molecule has 1 fully saturated rings. The average Bonchev–Trinajstić information content (AvgIpc) is 3.07. The summed E-state index contributed by atoms with van der Waals surface area (Å²) in [6.45, 7) is -0.0698. The van der Waals surface area contributed by atoms with Crippen LogP contribution in [0.5, 0.6) is 0 Å². The van der Waals surface area contributed by atoms with E-state index in [1.165, 1.54) is 24.9 Å². The highest BCUT2D eigenvalue weighted by Crippen LogP contribution is 2.36. The smallest absolute Gasteiger partial charge is 0.342 e. The largest absolute Gasteiger partial charge is 0.459 e. The van der Waals surface area contributed by atoms with Gasteiger partial charge in [-0.3, -0.25) is 9.78 Å². The van der Waals surface area contributed by atoms with Crippen molar-refractivity contribution >= 4 is 28.2 Å². The molecule has 0 saturated heterocycles. The number of rotatable bonds is 6. The average molecular weight is 374 g/mol. The maximum Gasteiger partial charge on any atom is 0.342 e. The standard InChI is InChI=1S/C19H22N2O4S/c1-24-11-16(22)21-18-17(19(23)25-14-5-3-2-4-6-14)15(12-26-18)13-7-9-20-10-8-13/h7-10,12,14H,2-6,11H2,1H3,(H,21,22). The zero-order chi connectivity index (χ0) is 18.4. The molecule has 3 rings (SSSR count). The summed E-state index contributed by atoms with van der Waals surface area (Å²) in [5.41, 5.74) is 2.00. The van der Waals surface area contributed by atoms with E-state index in [-0.39, 0.29) is 18.6 Å². The van der Waals surface area contributed by atoms with E-state index in [1.807, 2.05) is 17.5 Å². The molecule has 1 N–H and O–H groups in total. The Morgan fingerprint density at radius 2 is 1.96 bits per heavy atom. The van der Waals surface area contributed by atoms with Crippen LogP contribution >= 0.6 is 11.3 Å². The van der Waals surface area contributed by atoms with Crippen LogP contribution in [0.2, 0.25) is 0 Å². The van der Waals surface area contributed by atoms with Crippen molar-refractivity contribution in [3.63, 3.8) is 0 Å². The molecule has 0 aliphatic heterocycles. The summed E-state index contributed by atoms with van der Waals surface area (Å²) in [4.78, 5) is 28.9. The third-order valence-electron chi connectivity index (χ3n) is 4.34. The summed E-state index contributed by atoms with van der Waals surface area (Å²) in [6, 6.07) is 3.67. The van der Waals surface area contributed by atoms with E-state index in [1.54, 1.807) is 12.4 Å². The number of carbonyl (C=O) groups excluding carboxylic acids is 2. The molecular weight excluding hydrogens is 352 g/mol. The lowest BCUT2D eigenvalue weighted by atomic mass is 9.97. The summed E-state index contributed by atoms with van der Waals surface area (Å²) in [7, 11) is 1.45. The van der Waals surface area contributed by atoms with Gasteiger partial charge in [0.1, 0.15) is 23.3 Å². The minimum atomic E-state index is -0.391. The molecule has 138 valence electrons. The number of aromatic nitrogens is 1. The Kier molecular flexibility index (Phi) is 6.35. The van der Waals surface area contributed by atoms with Gasteiger partial charge in [-0.1, -0.05) is 6.42 Å². The summed E-state index contributed by atoms with van der Waals surface area (Å²) in [5, 5.41) is 5.10. The van der Waals surface area contributed by atoms with Gasteiger partial charge in [-0.05, 0) is 43.4 Å². The molecule has 0 spiro atoms. The van der Waals surface area contributed by atoms with Crippen molar-refractivity contribution in [1.29, 1.82) is 0 Å². The maximum absolute atomic E-state index is 12.9. The molecule has 1 aliphatic rings. The summed E-state index contributed by atoms with van der Waals surface area (Å²) in [5.74, 6) is -0.694. The van der Waals surface area contributed by atoms with Crippen molar-refractivity contribution in [1.82, 2.24) is 4.98 Å². The number of hydrogen-bond acceptors (Lipinski definition) is 6. The van der Waals surface area contributed by atoms with E-state index in [2.05, 4.69) is 10.3 Å². The lowest BCUT2D eigenvalue weighted by molar-refractivity contribution is -0.119. The van der Waals surface area contributed by atoms with Crippen LogP contribution in [0.3, 0.4) is 0 Å². The maximum atomic E-state index is 12.9. The first kappa shape index (κ1) is 18.5. The quantitative estimate of drug-likeness (QED) is 0.776. The molecule has 0 bridgehead atoms. The van der Waals surface area contributed by atoms with E-state index in [0.717, 1.165) is 36.8 Å². The van der Waals surface area contributed by atoms with Crippen molar-refractivity contribution in [2.24, 2.45) is 0 Å². The molecule has 0 unspecified atom stereocenters. The van der Waals surface area contributed by atoms with Gasteiger partial charge in [-0.25, -0.2) is 4.79 Å². The zero-order valence-electron chi connectivity index (χ0n) is 14.7. The molecule has 0 aromatic carbocycles. The number of nitrogens with one attached hydrogen (secondary N) is 1. The van der Waals surface area contributed by atoms with Gasteiger partial charge in [0.2, 0.25) is 0 Å². The van der Waals surface area contributed by atoms with Crippen molar-refractivity contribution in [2.45, 2.75) is 38.2 Å². The summed E-state index contributed by atoms with van der Waals surface area (Å²) in [6.07, 6.45) is 8.43. The first-order valence-electron chi connectivity index (χ1n) is 8.70. The number of ether oxygens (including phenoxy) is 2. The van der Waals surface area contributed by atoms with Crippen LogP contribution in [0.25, 0.3) is 11.1 Å². The Balaban J connectivity index is 1.89. The van der Waals surface area contributed by atoms with Crippen LogP contribution in [0.1, 0.15) is 42.5 Å². The summed E-state index contributed by atoms with van der Waals surface area (Å²) >= 11 is 1.31. The molecule has 0 atom stereocenters. The fourth-order valence-electron chi connectivity index (χ4n) is 3.08. The van der Waals surface area contributed by atoms with Gasteiger partial charge in [0.05, 0.1) is 0 Å². The van der Waals surface area contributed by atoms with Gasteiger partial charge < -0.3 is 14.8 Å². The molecule has 2 aromatic rings. The third kappa shape index (κ3) is 4.47. The van der Waals surface area contributed by atoms with E-state index < -0.39 is 5.97 Å². The highest BCUT2D eigenvalue weighted by molar-refractivity contribution is 7.15. The van der Waals surface area contributed by atoms with Gasteiger partial charge in [0.15, 0.2) is 0 Å². The molecular formula is C19H22N2O4S. The second-order valence-electron chi connectivity index (χ2n) is 6.24. The second-order valence-corrected chi connectivity index (χ2v) is 7.12. The molecule has 2 heterocycles. The Morgan fingerprint density at radius 1 is 1.23 bits per heavy atom. The number of carbonyl (C=O) groups is 2. The van der Waals surface area contributed by atoms with Gasteiger partial charge in [-0.2, -0.15) is 0 Å². The van der Waals surface area contributed by atoms with Gasteiger partial charge in [0, 0.05) is 30.4 Å². The SMILES string of the molecule is COCC(=O)Nc1scc(-c2ccncc2)c1C(=O)OC1CCCCC1. The number of methoxy groups -OCH3 is 1. The topological polar surface area (TPSA) is 77.5 Å². The number of esters is 1. The van der Waals surface area contributed by atoms with Crippen LogP contribution in [0.15, 0.2) is 29.9 Å². The monoisotopic (exact) mass is 374 g/mol. The second kappa shape index (κ2) is 8.91. The number of thiophene rings is 1. The van der Waals surface area contributed by atoms with Crippen LogP contribution in [-0.2, 0) is 14.3 Å². The summed E-state index contributed by atoms with van der Waals surface area (Å²) < 4.78 is 10.6. The predicted octanol–water partition coefficient (Wildman–Crippen LogP) is 3.88. The third-order valence-corrected chi connectivity index (χ3v) is 5.24. The van der Waals surface area contributed by atoms with Crippen molar-refractivity contribution < 1.29 is 19.1 Å². The minimum absolute atomic E-state index is 0.0519. The van der Waals surface area contributed by atoms with Gasteiger partial charge >= 0.3 is 5.97 Å². The molecule has 7 heteroatoms. The minimum Gasteiger partial charge on any atom is -0.459 e. The van der Waals surface area contributed by atoms with Crippen LogP contribution < -0.4 is 5.32 Å². The molecule has 2 aromatic heterocycles.